The highest BCUT2D eigenvalue weighted by molar-refractivity contribution is 5.96. The molecule has 3 rings (SSSR count). The highest BCUT2D eigenvalue weighted by atomic mass is 16.5. The topological polar surface area (TPSA) is 55.4 Å². The number of hydrogen-bond donors (Lipinski definition) is 1. The van der Waals surface area contributed by atoms with Crippen LogP contribution in [0.5, 0.6) is 0 Å². The summed E-state index contributed by atoms with van der Waals surface area (Å²) in [4.78, 5) is 24.9. The Labute approximate surface area is 141 Å². The van der Waals surface area contributed by atoms with Crippen LogP contribution in [0.3, 0.4) is 0 Å². The molecular formula is C20H21NO3. The molecule has 3 atom stereocenters. The normalized spacial score (nSPS) is 20.1. The van der Waals surface area contributed by atoms with E-state index >= 15 is 0 Å². The number of nitrogens with one attached hydrogen (secondary N) is 1. The van der Waals surface area contributed by atoms with Gasteiger partial charge in [-0.3, -0.25) is 9.59 Å². The van der Waals surface area contributed by atoms with E-state index in [1.165, 1.54) is 0 Å². The van der Waals surface area contributed by atoms with Crippen molar-refractivity contribution in [2.24, 2.45) is 11.8 Å². The van der Waals surface area contributed by atoms with Gasteiger partial charge in [0, 0.05) is 11.3 Å². The molecule has 0 bridgehead atoms. The summed E-state index contributed by atoms with van der Waals surface area (Å²) in [6, 6.07) is 16.6. The highest BCUT2D eigenvalue weighted by Gasteiger charge is 2.42. The molecule has 0 heterocycles. The van der Waals surface area contributed by atoms with Crippen molar-refractivity contribution in [3.63, 3.8) is 0 Å². The van der Waals surface area contributed by atoms with E-state index in [1.807, 2.05) is 56.3 Å². The van der Waals surface area contributed by atoms with Crippen molar-refractivity contribution in [3.8, 4) is 0 Å². The second-order valence-corrected chi connectivity index (χ2v) is 6.40. The van der Waals surface area contributed by atoms with Gasteiger partial charge in [0.25, 0.3) is 5.91 Å². The summed E-state index contributed by atoms with van der Waals surface area (Å²) in [6.45, 7) is 3.99. The zero-order valence-electron chi connectivity index (χ0n) is 13.9. The van der Waals surface area contributed by atoms with Crippen molar-refractivity contribution >= 4 is 17.6 Å². The molecule has 4 nitrogen and oxygen atoms in total. The molecule has 1 amide bonds. The van der Waals surface area contributed by atoms with Crippen LogP contribution in [0.4, 0.5) is 5.69 Å². The van der Waals surface area contributed by atoms with E-state index < -0.39 is 6.10 Å². The Kier molecular flexibility index (Phi) is 4.65. The molecule has 2 aromatic carbocycles. The van der Waals surface area contributed by atoms with Gasteiger partial charge in [-0.2, -0.15) is 0 Å². The van der Waals surface area contributed by atoms with Gasteiger partial charge in [0.15, 0.2) is 0 Å². The van der Waals surface area contributed by atoms with Crippen molar-refractivity contribution in [2.45, 2.75) is 26.4 Å². The van der Waals surface area contributed by atoms with Crippen LogP contribution in [0.25, 0.3) is 0 Å². The van der Waals surface area contributed by atoms with E-state index in [0.717, 1.165) is 12.0 Å². The zero-order valence-corrected chi connectivity index (χ0v) is 13.9. The molecule has 0 aliphatic heterocycles. The Bertz CT molecular complexity index is 724. The zero-order chi connectivity index (χ0) is 17.1. The number of ether oxygens (including phenoxy) is 1. The first kappa shape index (κ1) is 16.2. The molecule has 1 aliphatic rings. The quantitative estimate of drug-likeness (QED) is 0.850. The van der Waals surface area contributed by atoms with Crippen LogP contribution < -0.4 is 5.32 Å². The molecular weight excluding hydrogens is 302 g/mol. The molecule has 4 heteroatoms. The summed E-state index contributed by atoms with van der Waals surface area (Å²) in [5, 5.41) is 2.83. The van der Waals surface area contributed by atoms with Gasteiger partial charge in [0.2, 0.25) is 6.10 Å². The molecule has 0 unspecified atom stereocenters. The number of carbonyl (C=O) groups excluding carboxylic acids is 2. The number of rotatable bonds is 5. The van der Waals surface area contributed by atoms with E-state index in [9.17, 15) is 9.59 Å². The minimum absolute atomic E-state index is 0.0802. The Morgan fingerprint density at radius 2 is 1.71 bits per heavy atom. The highest BCUT2D eigenvalue weighted by Crippen LogP contribution is 2.39. The predicted octanol–water partition coefficient (Wildman–Crippen LogP) is 3.87. The lowest BCUT2D eigenvalue weighted by Crippen LogP contribution is -2.26. The van der Waals surface area contributed by atoms with Crippen molar-refractivity contribution in [3.05, 3.63) is 65.7 Å². The fourth-order valence-corrected chi connectivity index (χ4v) is 2.60. The second kappa shape index (κ2) is 6.87. The van der Waals surface area contributed by atoms with Crippen LogP contribution in [0.15, 0.2) is 54.6 Å². The molecule has 1 saturated carbocycles. The summed E-state index contributed by atoms with van der Waals surface area (Å²) < 4.78 is 5.54. The molecule has 1 fully saturated rings. The molecule has 2 aromatic rings. The third-order valence-electron chi connectivity index (χ3n) is 4.31. The number of benzene rings is 2. The van der Waals surface area contributed by atoms with Crippen LogP contribution in [0.1, 0.15) is 30.6 Å². The predicted molar refractivity (Wildman–Crippen MR) is 92.4 cm³/mol. The number of hydrogen-bond acceptors (Lipinski definition) is 3. The molecule has 0 radical (unpaired) electrons. The van der Waals surface area contributed by atoms with Crippen molar-refractivity contribution in [1.29, 1.82) is 0 Å². The van der Waals surface area contributed by atoms with Crippen molar-refractivity contribution in [1.82, 2.24) is 0 Å². The molecule has 0 saturated heterocycles. The van der Waals surface area contributed by atoms with Gasteiger partial charge in [-0.05, 0) is 31.4 Å². The molecule has 0 spiro atoms. The lowest BCUT2D eigenvalue weighted by Gasteiger charge is -2.18. The summed E-state index contributed by atoms with van der Waals surface area (Å²) in [5.74, 6) is -0.375. The number of aryl methyl sites for hydroxylation is 1. The van der Waals surface area contributed by atoms with Crippen LogP contribution in [0.2, 0.25) is 0 Å². The monoisotopic (exact) mass is 323 g/mol. The fourth-order valence-electron chi connectivity index (χ4n) is 2.60. The fraction of sp³-hybridized carbons (Fsp3) is 0.300. The number of carbonyl (C=O) groups is 2. The maximum atomic E-state index is 12.7. The minimum atomic E-state index is -0.937. The average Bonchev–Trinajstić information content (AvgIpc) is 3.32. The van der Waals surface area contributed by atoms with E-state index in [1.54, 1.807) is 12.1 Å². The maximum Gasteiger partial charge on any atom is 0.310 e. The lowest BCUT2D eigenvalue weighted by atomic mass is 10.1. The summed E-state index contributed by atoms with van der Waals surface area (Å²) in [5.41, 5.74) is 2.47. The first-order chi connectivity index (χ1) is 11.5. The lowest BCUT2D eigenvalue weighted by molar-refractivity contribution is -0.156. The van der Waals surface area contributed by atoms with Gasteiger partial charge in [0.05, 0.1) is 5.92 Å². The average molecular weight is 323 g/mol. The first-order valence-corrected chi connectivity index (χ1v) is 8.17. The summed E-state index contributed by atoms with van der Waals surface area (Å²) >= 11 is 0. The van der Waals surface area contributed by atoms with Crippen LogP contribution in [0, 0.1) is 18.8 Å². The Balaban J connectivity index is 1.76. The second-order valence-electron chi connectivity index (χ2n) is 6.40. The number of amides is 1. The van der Waals surface area contributed by atoms with Gasteiger partial charge < -0.3 is 10.1 Å². The van der Waals surface area contributed by atoms with Crippen LogP contribution >= 0.6 is 0 Å². The third-order valence-corrected chi connectivity index (χ3v) is 4.31. The van der Waals surface area contributed by atoms with Gasteiger partial charge in [-0.15, -0.1) is 0 Å². The smallest absolute Gasteiger partial charge is 0.310 e. The molecule has 0 aromatic heterocycles. The van der Waals surface area contributed by atoms with Gasteiger partial charge in [-0.1, -0.05) is 55.0 Å². The molecule has 1 N–H and O–H groups in total. The molecule has 124 valence electrons. The van der Waals surface area contributed by atoms with Crippen LogP contribution in [-0.4, -0.2) is 11.9 Å². The standard InChI is InChI=1S/C20H21NO3/c1-13-8-10-16(11-9-13)21-19(22)18(15-6-4-3-5-7-15)24-20(23)17-12-14(17)2/h3-11,14,17-18H,12H2,1-2H3,(H,21,22)/t14-,17+,18+/m0/s1. The van der Waals surface area contributed by atoms with E-state index in [0.29, 0.717) is 17.2 Å². The number of anilines is 1. The third kappa shape index (κ3) is 3.82. The van der Waals surface area contributed by atoms with Crippen molar-refractivity contribution < 1.29 is 14.3 Å². The first-order valence-electron chi connectivity index (χ1n) is 8.17. The Morgan fingerprint density at radius 3 is 2.29 bits per heavy atom. The Hall–Kier alpha value is -2.62. The Morgan fingerprint density at radius 1 is 1.08 bits per heavy atom. The van der Waals surface area contributed by atoms with Crippen molar-refractivity contribution in [2.75, 3.05) is 5.32 Å². The van der Waals surface area contributed by atoms with Gasteiger partial charge in [-0.25, -0.2) is 0 Å². The maximum absolute atomic E-state index is 12.7. The molecule has 24 heavy (non-hydrogen) atoms. The van der Waals surface area contributed by atoms with E-state index in [-0.39, 0.29) is 17.8 Å². The summed E-state index contributed by atoms with van der Waals surface area (Å²) in [7, 11) is 0. The molecule has 1 aliphatic carbocycles. The minimum Gasteiger partial charge on any atom is -0.447 e. The largest absolute Gasteiger partial charge is 0.447 e. The SMILES string of the molecule is Cc1ccc(NC(=O)[C@H](OC(=O)[C@@H]2C[C@@H]2C)c2ccccc2)cc1. The van der Waals surface area contributed by atoms with Gasteiger partial charge >= 0.3 is 5.97 Å². The van der Waals surface area contributed by atoms with E-state index in [4.69, 9.17) is 4.74 Å². The number of esters is 1. The van der Waals surface area contributed by atoms with Crippen LogP contribution in [-0.2, 0) is 14.3 Å². The van der Waals surface area contributed by atoms with E-state index in [2.05, 4.69) is 5.32 Å². The van der Waals surface area contributed by atoms with Gasteiger partial charge in [0.1, 0.15) is 0 Å². The summed E-state index contributed by atoms with van der Waals surface area (Å²) in [6.07, 6.45) is -0.104.